The first-order valence-electron chi connectivity index (χ1n) is 5.46. The number of aromatic nitrogens is 3. The van der Waals surface area contributed by atoms with E-state index in [1.165, 1.54) is 0 Å². The highest BCUT2D eigenvalue weighted by molar-refractivity contribution is 9.10. The average Bonchev–Trinajstić information content (AvgIpc) is 2.75. The van der Waals surface area contributed by atoms with Gasteiger partial charge < -0.3 is 4.98 Å². The Balaban J connectivity index is 2.34. The van der Waals surface area contributed by atoms with E-state index < -0.39 is 0 Å². The third-order valence-corrected chi connectivity index (χ3v) is 3.68. The molecule has 0 fully saturated rings. The average molecular weight is 331 g/mol. The molecule has 92 valence electrons. The van der Waals surface area contributed by atoms with Gasteiger partial charge in [-0.05, 0) is 58.5 Å². The van der Waals surface area contributed by atoms with Crippen molar-refractivity contribution >= 4 is 39.3 Å². The van der Waals surface area contributed by atoms with E-state index in [0.717, 1.165) is 21.3 Å². The summed E-state index contributed by atoms with van der Waals surface area (Å²) < 4.78 is 3.21. The molecule has 1 aromatic carbocycles. The Bertz CT molecular complexity index is 872. The maximum absolute atomic E-state index is 8.89. The highest BCUT2D eigenvalue weighted by Gasteiger charge is 2.10. The molecule has 0 radical (unpaired) electrons. The molecule has 0 bridgehead atoms. The fraction of sp³-hybridized carbons (Fsp3) is 0. The molecular weight excluding hydrogens is 324 g/mol. The molecule has 0 amide bonds. The van der Waals surface area contributed by atoms with Crippen LogP contribution in [0.3, 0.4) is 0 Å². The zero-order valence-corrected chi connectivity index (χ0v) is 12.0. The SMILES string of the molecule is N#Cc1ccc(-n2c(=S)[nH]c3cccnc32)c(Br)c1. The summed E-state index contributed by atoms with van der Waals surface area (Å²) in [5.41, 5.74) is 3.09. The fourth-order valence-electron chi connectivity index (χ4n) is 1.92. The number of nitriles is 1. The normalized spacial score (nSPS) is 10.5. The summed E-state index contributed by atoms with van der Waals surface area (Å²) in [4.78, 5) is 7.45. The zero-order chi connectivity index (χ0) is 13.4. The predicted octanol–water partition coefficient (Wildman–Crippen LogP) is 3.72. The highest BCUT2D eigenvalue weighted by atomic mass is 79.9. The van der Waals surface area contributed by atoms with E-state index in [1.807, 2.05) is 22.8 Å². The van der Waals surface area contributed by atoms with Gasteiger partial charge in [-0.15, -0.1) is 0 Å². The second-order valence-corrected chi connectivity index (χ2v) is 5.16. The third kappa shape index (κ3) is 1.97. The van der Waals surface area contributed by atoms with Crippen molar-refractivity contribution in [1.82, 2.24) is 14.5 Å². The van der Waals surface area contributed by atoms with Crippen LogP contribution in [0.5, 0.6) is 0 Å². The lowest BCUT2D eigenvalue weighted by Crippen LogP contribution is -1.97. The Morgan fingerprint density at radius 1 is 1.37 bits per heavy atom. The van der Waals surface area contributed by atoms with Gasteiger partial charge in [0.15, 0.2) is 10.4 Å². The van der Waals surface area contributed by atoms with Crippen LogP contribution in [0.15, 0.2) is 41.0 Å². The van der Waals surface area contributed by atoms with Crippen LogP contribution in [0.25, 0.3) is 16.9 Å². The molecule has 0 saturated carbocycles. The van der Waals surface area contributed by atoms with Crippen LogP contribution < -0.4 is 0 Å². The Labute approximate surface area is 122 Å². The number of fused-ring (bicyclic) bond motifs is 1. The highest BCUT2D eigenvalue weighted by Crippen LogP contribution is 2.25. The molecule has 0 atom stereocenters. The number of hydrogen-bond acceptors (Lipinski definition) is 3. The van der Waals surface area contributed by atoms with Crippen molar-refractivity contribution in [3.05, 3.63) is 51.3 Å². The maximum Gasteiger partial charge on any atom is 0.184 e. The van der Waals surface area contributed by atoms with Crippen molar-refractivity contribution in [1.29, 1.82) is 5.26 Å². The summed E-state index contributed by atoms with van der Waals surface area (Å²) in [5, 5.41) is 8.89. The van der Waals surface area contributed by atoms with Crippen LogP contribution in [-0.4, -0.2) is 14.5 Å². The minimum absolute atomic E-state index is 0.569. The number of H-pyrrole nitrogens is 1. The van der Waals surface area contributed by atoms with Gasteiger partial charge in [-0.1, -0.05) is 0 Å². The van der Waals surface area contributed by atoms with Gasteiger partial charge in [-0.3, -0.25) is 4.57 Å². The Morgan fingerprint density at radius 3 is 2.95 bits per heavy atom. The van der Waals surface area contributed by atoms with Gasteiger partial charge in [0.05, 0.1) is 22.8 Å². The van der Waals surface area contributed by atoms with Crippen molar-refractivity contribution in [3.8, 4) is 11.8 Å². The number of halogens is 1. The molecular formula is C13H7BrN4S. The van der Waals surface area contributed by atoms with E-state index in [2.05, 4.69) is 32.0 Å². The second kappa shape index (κ2) is 4.61. The van der Waals surface area contributed by atoms with E-state index in [9.17, 15) is 0 Å². The molecule has 1 N–H and O–H groups in total. The number of pyridine rings is 1. The lowest BCUT2D eigenvalue weighted by atomic mass is 10.2. The van der Waals surface area contributed by atoms with E-state index in [1.54, 1.807) is 18.3 Å². The predicted molar refractivity (Wildman–Crippen MR) is 78.7 cm³/mol. The maximum atomic E-state index is 8.89. The minimum Gasteiger partial charge on any atom is -0.329 e. The Kier molecular flexibility index (Phi) is 2.93. The van der Waals surface area contributed by atoms with Crippen LogP contribution in [0.4, 0.5) is 0 Å². The zero-order valence-electron chi connectivity index (χ0n) is 9.59. The van der Waals surface area contributed by atoms with Crippen LogP contribution in [-0.2, 0) is 0 Å². The molecule has 0 aliphatic rings. The molecule has 0 saturated heterocycles. The summed E-state index contributed by atoms with van der Waals surface area (Å²) in [6.45, 7) is 0. The minimum atomic E-state index is 0.569. The van der Waals surface area contributed by atoms with Crippen LogP contribution in [0.2, 0.25) is 0 Å². The van der Waals surface area contributed by atoms with Gasteiger partial charge in [-0.2, -0.15) is 5.26 Å². The third-order valence-electron chi connectivity index (χ3n) is 2.76. The molecule has 0 aliphatic heterocycles. The molecule has 3 aromatic rings. The Hall–Kier alpha value is -1.97. The molecule has 0 spiro atoms. The Morgan fingerprint density at radius 2 is 2.21 bits per heavy atom. The van der Waals surface area contributed by atoms with E-state index >= 15 is 0 Å². The molecule has 4 nitrogen and oxygen atoms in total. The van der Waals surface area contributed by atoms with E-state index in [-0.39, 0.29) is 0 Å². The molecule has 2 heterocycles. The van der Waals surface area contributed by atoms with Crippen LogP contribution in [0, 0.1) is 16.1 Å². The van der Waals surface area contributed by atoms with Gasteiger partial charge in [0.2, 0.25) is 0 Å². The topological polar surface area (TPSA) is 57.4 Å². The van der Waals surface area contributed by atoms with Crippen molar-refractivity contribution in [2.45, 2.75) is 0 Å². The quantitative estimate of drug-likeness (QED) is 0.692. The summed E-state index contributed by atoms with van der Waals surface area (Å²) in [7, 11) is 0. The van der Waals surface area contributed by atoms with Crippen molar-refractivity contribution in [2.75, 3.05) is 0 Å². The summed E-state index contributed by atoms with van der Waals surface area (Å²) in [6.07, 6.45) is 1.72. The van der Waals surface area contributed by atoms with Gasteiger partial charge >= 0.3 is 0 Å². The van der Waals surface area contributed by atoms with Gasteiger partial charge in [0.25, 0.3) is 0 Å². The largest absolute Gasteiger partial charge is 0.329 e. The summed E-state index contributed by atoms with van der Waals surface area (Å²) >= 11 is 8.81. The second-order valence-electron chi connectivity index (χ2n) is 3.92. The number of imidazole rings is 1. The molecule has 3 rings (SSSR count). The lowest BCUT2D eigenvalue weighted by molar-refractivity contribution is 1.04. The number of benzene rings is 1. The van der Waals surface area contributed by atoms with E-state index in [0.29, 0.717) is 10.3 Å². The number of rotatable bonds is 1. The van der Waals surface area contributed by atoms with Gasteiger partial charge in [0, 0.05) is 10.7 Å². The number of nitrogens with one attached hydrogen (secondary N) is 1. The molecule has 0 aliphatic carbocycles. The van der Waals surface area contributed by atoms with Gasteiger partial charge in [0.1, 0.15) is 0 Å². The smallest absolute Gasteiger partial charge is 0.184 e. The number of nitrogens with zero attached hydrogens (tertiary/aromatic N) is 3. The standard InChI is InChI=1S/C13H7BrN4S/c14-9-6-8(7-15)3-4-11(9)18-12-10(17-13(18)19)2-1-5-16-12/h1-6H,(H,17,19). The van der Waals surface area contributed by atoms with Crippen LogP contribution >= 0.6 is 28.1 Å². The molecule has 2 aromatic heterocycles. The molecule has 19 heavy (non-hydrogen) atoms. The number of hydrogen-bond donors (Lipinski definition) is 1. The van der Waals surface area contributed by atoms with E-state index in [4.69, 9.17) is 17.5 Å². The first-order chi connectivity index (χ1) is 9.20. The summed E-state index contributed by atoms with van der Waals surface area (Å²) in [6, 6.07) is 11.2. The first-order valence-corrected chi connectivity index (χ1v) is 6.66. The first kappa shape index (κ1) is 12.1. The van der Waals surface area contributed by atoms with Crippen molar-refractivity contribution in [2.24, 2.45) is 0 Å². The summed E-state index contributed by atoms with van der Waals surface area (Å²) in [5.74, 6) is 0. The van der Waals surface area contributed by atoms with Gasteiger partial charge in [-0.25, -0.2) is 4.98 Å². The molecule has 0 unspecified atom stereocenters. The fourth-order valence-corrected chi connectivity index (χ4v) is 2.77. The molecule has 6 heteroatoms. The van der Waals surface area contributed by atoms with Crippen molar-refractivity contribution in [3.63, 3.8) is 0 Å². The monoisotopic (exact) mass is 330 g/mol. The van der Waals surface area contributed by atoms with Crippen molar-refractivity contribution < 1.29 is 0 Å². The van der Waals surface area contributed by atoms with Crippen LogP contribution in [0.1, 0.15) is 5.56 Å². The number of aromatic amines is 1. The lowest BCUT2D eigenvalue weighted by Gasteiger charge is -2.06.